The van der Waals surface area contributed by atoms with Gasteiger partial charge in [-0.3, -0.25) is 13.9 Å². The van der Waals surface area contributed by atoms with E-state index in [1.807, 2.05) is 13.8 Å². The Kier molecular flexibility index (Phi) is 10.7. The molecule has 0 aliphatic heterocycles. The van der Waals surface area contributed by atoms with Crippen LogP contribution < -0.4 is 14.4 Å². The lowest BCUT2D eigenvalue weighted by Crippen LogP contribution is -2.52. The Bertz CT molecular complexity index is 1210. The van der Waals surface area contributed by atoms with Gasteiger partial charge in [-0.1, -0.05) is 53.9 Å². The number of rotatable bonds is 11. The lowest BCUT2D eigenvalue weighted by Gasteiger charge is -2.32. The van der Waals surface area contributed by atoms with Crippen LogP contribution in [-0.2, 0) is 26.2 Å². The van der Waals surface area contributed by atoms with E-state index in [4.69, 9.17) is 39.5 Å². The van der Waals surface area contributed by atoms with Crippen LogP contribution in [0.5, 0.6) is 5.75 Å². The molecule has 0 aliphatic rings. The number of amides is 2. The molecule has 0 unspecified atom stereocenters. The predicted molar refractivity (Wildman–Crippen MR) is 145 cm³/mol. The monoisotopic (exact) mass is 577 g/mol. The summed E-state index contributed by atoms with van der Waals surface area (Å²) in [5.41, 5.74) is 0.698. The molecule has 198 valence electrons. The number of carbonyl (C=O) groups excluding carboxylic acids is 2. The normalized spacial score (nSPS) is 13.0. The molecule has 0 radical (unpaired) electrons. The molecule has 0 saturated heterocycles. The van der Waals surface area contributed by atoms with E-state index in [1.165, 1.54) is 24.1 Å². The number of hydrogen-bond donors (Lipinski definition) is 1. The van der Waals surface area contributed by atoms with Crippen LogP contribution in [0.4, 0.5) is 5.69 Å². The van der Waals surface area contributed by atoms with E-state index < -0.39 is 28.5 Å². The Morgan fingerprint density at radius 3 is 2.28 bits per heavy atom. The van der Waals surface area contributed by atoms with Crippen LogP contribution in [0.3, 0.4) is 0 Å². The number of benzene rings is 2. The van der Waals surface area contributed by atoms with Gasteiger partial charge in [-0.15, -0.1) is 0 Å². The van der Waals surface area contributed by atoms with Crippen molar-refractivity contribution in [1.29, 1.82) is 0 Å². The third kappa shape index (κ3) is 7.90. The van der Waals surface area contributed by atoms with Crippen molar-refractivity contribution in [3.05, 3.63) is 57.0 Å². The highest BCUT2D eigenvalue weighted by Crippen LogP contribution is 2.35. The first-order valence-corrected chi connectivity index (χ1v) is 14.1. The maximum atomic E-state index is 13.6. The van der Waals surface area contributed by atoms with Gasteiger partial charge in [0.2, 0.25) is 21.8 Å². The zero-order valence-electron chi connectivity index (χ0n) is 20.7. The van der Waals surface area contributed by atoms with Gasteiger partial charge in [0.1, 0.15) is 18.3 Å². The Hall–Kier alpha value is -2.20. The van der Waals surface area contributed by atoms with E-state index in [0.29, 0.717) is 17.7 Å². The van der Waals surface area contributed by atoms with E-state index >= 15 is 0 Å². The highest BCUT2D eigenvalue weighted by atomic mass is 35.5. The van der Waals surface area contributed by atoms with Crippen LogP contribution in [0.15, 0.2) is 36.4 Å². The van der Waals surface area contributed by atoms with Gasteiger partial charge in [0.15, 0.2) is 0 Å². The van der Waals surface area contributed by atoms with Gasteiger partial charge in [-0.05, 0) is 50.1 Å². The van der Waals surface area contributed by atoms with Crippen LogP contribution in [0.25, 0.3) is 0 Å². The average Bonchev–Trinajstić information content (AvgIpc) is 2.82. The fourth-order valence-corrected chi connectivity index (χ4v) is 4.86. The Balaban J connectivity index is 2.47. The molecule has 0 saturated carbocycles. The second-order valence-corrected chi connectivity index (χ2v) is 11.5. The largest absolute Gasteiger partial charge is 0.497 e. The highest BCUT2D eigenvalue weighted by Gasteiger charge is 2.31. The van der Waals surface area contributed by atoms with E-state index in [-0.39, 0.29) is 39.2 Å². The summed E-state index contributed by atoms with van der Waals surface area (Å²) >= 11 is 18.4. The molecule has 2 aromatic carbocycles. The minimum absolute atomic E-state index is 0.0000400. The van der Waals surface area contributed by atoms with Gasteiger partial charge in [0.05, 0.1) is 34.1 Å². The lowest BCUT2D eigenvalue weighted by atomic mass is 10.1. The first-order chi connectivity index (χ1) is 16.8. The average molecular weight is 579 g/mol. The number of halogens is 3. The van der Waals surface area contributed by atoms with Crippen molar-refractivity contribution in [2.24, 2.45) is 0 Å². The molecule has 2 aromatic rings. The topological polar surface area (TPSA) is 96.0 Å². The SMILES string of the molecule is CC[C@H](C)NC(=O)[C@@H](C)N(Cc1cccc(OC)c1)C(=O)CN(c1cc(Cl)c(Cl)cc1Cl)S(C)(=O)=O. The minimum atomic E-state index is -3.97. The number of hydrogen-bond acceptors (Lipinski definition) is 5. The zero-order chi connectivity index (χ0) is 27.2. The molecule has 1 N–H and O–H groups in total. The van der Waals surface area contributed by atoms with Crippen LogP contribution in [-0.4, -0.2) is 57.1 Å². The molecular weight excluding hydrogens is 549 g/mol. The van der Waals surface area contributed by atoms with Crippen LogP contribution in [0.2, 0.25) is 15.1 Å². The quantitative estimate of drug-likeness (QED) is 0.388. The Morgan fingerprint density at radius 2 is 1.69 bits per heavy atom. The smallest absolute Gasteiger partial charge is 0.244 e. The third-order valence-corrected chi connectivity index (χ3v) is 7.74. The lowest BCUT2D eigenvalue weighted by molar-refractivity contribution is -0.139. The molecule has 2 amide bonds. The maximum absolute atomic E-state index is 13.6. The molecule has 2 atom stereocenters. The number of nitrogens with zero attached hydrogens (tertiary/aromatic N) is 2. The molecule has 12 heteroatoms. The molecular formula is C24H30Cl3N3O5S. The van der Waals surface area contributed by atoms with Crippen molar-refractivity contribution in [2.75, 3.05) is 24.2 Å². The number of ether oxygens (including phenoxy) is 1. The third-order valence-electron chi connectivity index (χ3n) is 5.59. The second-order valence-electron chi connectivity index (χ2n) is 8.35. The summed E-state index contributed by atoms with van der Waals surface area (Å²) in [5.74, 6) is -0.395. The van der Waals surface area contributed by atoms with Crippen LogP contribution in [0.1, 0.15) is 32.8 Å². The molecule has 0 aliphatic carbocycles. The Labute approximate surface area is 227 Å². The first kappa shape index (κ1) is 30.0. The zero-order valence-corrected chi connectivity index (χ0v) is 23.8. The van der Waals surface area contributed by atoms with E-state index in [0.717, 1.165) is 10.6 Å². The van der Waals surface area contributed by atoms with Gasteiger partial charge in [-0.2, -0.15) is 0 Å². The molecule has 0 fully saturated rings. The van der Waals surface area contributed by atoms with Gasteiger partial charge >= 0.3 is 0 Å². The summed E-state index contributed by atoms with van der Waals surface area (Å²) in [6.07, 6.45) is 1.66. The minimum Gasteiger partial charge on any atom is -0.497 e. The van der Waals surface area contributed by atoms with E-state index in [1.54, 1.807) is 31.2 Å². The van der Waals surface area contributed by atoms with E-state index in [2.05, 4.69) is 5.32 Å². The van der Waals surface area contributed by atoms with Gasteiger partial charge < -0.3 is 15.0 Å². The molecule has 8 nitrogen and oxygen atoms in total. The number of sulfonamides is 1. The van der Waals surface area contributed by atoms with Gasteiger partial charge in [-0.25, -0.2) is 8.42 Å². The van der Waals surface area contributed by atoms with Crippen LogP contribution in [0, 0.1) is 0 Å². The van der Waals surface area contributed by atoms with Crippen molar-refractivity contribution < 1.29 is 22.7 Å². The summed E-state index contributed by atoms with van der Waals surface area (Å²) < 4.78 is 31.5. The summed E-state index contributed by atoms with van der Waals surface area (Å²) in [4.78, 5) is 27.9. The molecule has 0 bridgehead atoms. The molecule has 0 aromatic heterocycles. The number of anilines is 1. The number of methoxy groups -OCH3 is 1. The summed E-state index contributed by atoms with van der Waals surface area (Å²) in [5, 5.41) is 3.09. The highest BCUT2D eigenvalue weighted by molar-refractivity contribution is 7.92. The van der Waals surface area contributed by atoms with Crippen molar-refractivity contribution in [2.45, 2.75) is 45.8 Å². The molecule has 0 heterocycles. The molecule has 36 heavy (non-hydrogen) atoms. The molecule has 0 spiro atoms. The maximum Gasteiger partial charge on any atom is 0.244 e. The summed E-state index contributed by atoms with van der Waals surface area (Å²) in [6, 6.07) is 8.63. The van der Waals surface area contributed by atoms with Crippen LogP contribution >= 0.6 is 34.8 Å². The molecule has 2 rings (SSSR count). The van der Waals surface area contributed by atoms with Crippen molar-refractivity contribution >= 4 is 62.3 Å². The van der Waals surface area contributed by atoms with Crippen molar-refractivity contribution in [3.63, 3.8) is 0 Å². The standard InChI is InChI=1S/C24H30Cl3N3O5S/c1-6-15(2)28-24(32)16(3)29(13-17-8-7-9-18(10-17)35-4)23(31)14-30(36(5,33)34)22-12-20(26)19(25)11-21(22)27/h7-12,15-16H,6,13-14H2,1-5H3,(H,28,32)/t15-,16+/m0/s1. The van der Waals surface area contributed by atoms with Crippen molar-refractivity contribution in [1.82, 2.24) is 10.2 Å². The first-order valence-electron chi connectivity index (χ1n) is 11.1. The predicted octanol–water partition coefficient (Wildman–Crippen LogP) is 4.75. The number of carbonyl (C=O) groups is 2. The Morgan fingerprint density at radius 1 is 1.06 bits per heavy atom. The van der Waals surface area contributed by atoms with Crippen molar-refractivity contribution in [3.8, 4) is 5.75 Å². The fourth-order valence-electron chi connectivity index (χ4n) is 3.31. The second kappa shape index (κ2) is 12.9. The fraction of sp³-hybridized carbons (Fsp3) is 0.417. The summed E-state index contributed by atoms with van der Waals surface area (Å²) in [6.45, 7) is 4.81. The van der Waals surface area contributed by atoms with Gasteiger partial charge in [0.25, 0.3) is 0 Å². The van der Waals surface area contributed by atoms with Gasteiger partial charge in [0, 0.05) is 12.6 Å². The number of nitrogens with one attached hydrogen (secondary N) is 1. The van der Waals surface area contributed by atoms with E-state index in [9.17, 15) is 18.0 Å². The summed E-state index contributed by atoms with van der Waals surface area (Å²) in [7, 11) is -2.45.